The van der Waals surface area contributed by atoms with Crippen LogP contribution >= 0.6 is 11.8 Å². The second kappa shape index (κ2) is 7.41. The Kier molecular flexibility index (Phi) is 5.82. The molecule has 1 fully saturated rings. The van der Waals surface area contributed by atoms with Crippen LogP contribution in [0, 0.1) is 0 Å². The van der Waals surface area contributed by atoms with E-state index in [0.29, 0.717) is 16.5 Å². The Morgan fingerprint density at radius 3 is 2.57 bits per heavy atom. The number of ether oxygens (including phenoxy) is 1. The fraction of sp³-hybridized carbons (Fsp3) is 0.647. The van der Waals surface area contributed by atoms with E-state index in [1.807, 2.05) is 0 Å². The average molecular weight is 308 g/mol. The van der Waals surface area contributed by atoms with Crippen LogP contribution in [0.2, 0.25) is 0 Å². The van der Waals surface area contributed by atoms with Gasteiger partial charge in [-0.2, -0.15) is 11.8 Å². The van der Waals surface area contributed by atoms with Crippen LogP contribution in [0.25, 0.3) is 0 Å². The first-order valence-corrected chi connectivity index (χ1v) is 8.81. The summed E-state index contributed by atoms with van der Waals surface area (Å²) >= 11 is 2.09. The molecule has 3 nitrogen and oxygen atoms in total. The normalized spacial score (nSPS) is 24.0. The van der Waals surface area contributed by atoms with Crippen LogP contribution in [0.3, 0.4) is 0 Å². The van der Waals surface area contributed by atoms with Crippen molar-refractivity contribution in [2.45, 2.75) is 44.2 Å². The summed E-state index contributed by atoms with van der Waals surface area (Å²) < 4.78 is 5.63. The van der Waals surface area contributed by atoms with Gasteiger partial charge >= 0.3 is 0 Å². The molecular weight excluding hydrogens is 280 g/mol. The number of benzene rings is 1. The lowest BCUT2D eigenvalue weighted by atomic mass is 10.0. The first kappa shape index (κ1) is 16.5. The lowest BCUT2D eigenvalue weighted by molar-refractivity contribution is 0.402. The van der Waals surface area contributed by atoms with Gasteiger partial charge in [0.1, 0.15) is 5.75 Å². The standard InChI is InChI=1S/C17H28N2OS/c1-6-18-14(4)17-15(8-7-9-16(17)20-5)19-10-12(2)21-13(3)11-19/h7-9,12-14,18H,6,10-11H2,1-5H3. The highest BCUT2D eigenvalue weighted by Crippen LogP contribution is 2.37. The van der Waals surface area contributed by atoms with Gasteiger partial charge in [0.15, 0.2) is 0 Å². The number of hydrogen-bond donors (Lipinski definition) is 1. The van der Waals surface area contributed by atoms with Crippen molar-refractivity contribution >= 4 is 17.4 Å². The van der Waals surface area contributed by atoms with Crippen molar-refractivity contribution in [3.63, 3.8) is 0 Å². The molecule has 1 aliphatic rings. The highest BCUT2D eigenvalue weighted by Gasteiger charge is 2.26. The van der Waals surface area contributed by atoms with E-state index < -0.39 is 0 Å². The van der Waals surface area contributed by atoms with Crippen molar-refractivity contribution in [3.8, 4) is 5.75 Å². The second-order valence-electron chi connectivity index (χ2n) is 5.83. The summed E-state index contributed by atoms with van der Waals surface area (Å²) in [6.45, 7) is 12.2. The van der Waals surface area contributed by atoms with E-state index in [-0.39, 0.29) is 0 Å². The lowest BCUT2D eigenvalue weighted by Crippen LogP contribution is -2.41. The maximum absolute atomic E-state index is 5.63. The van der Waals surface area contributed by atoms with Crippen molar-refractivity contribution in [2.75, 3.05) is 31.6 Å². The molecule has 1 saturated heterocycles. The molecule has 1 aliphatic heterocycles. The Labute approximate surface area is 133 Å². The van der Waals surface area contributed by atoms with Crippen LogP contribution in [0.1, 0.15) is 39.3 Å². The number of rotatable bonds is 5. The molecule has 21 heavy (non-hydrogen) atoms. The largest absolute Gasteiger partial charge is 0.496 e. The third kappa shape index (κ3) is 3.86. The number of methoxy groups -OCH3 is 1. The summed E-state index contributed by atoms with van der Waals surface area (Å²) in [6.07, 6.45) is 0. The number of anilines is 1. The Morgan fingerprint density at radius 1 is 1.33 bits per heavy atom. The molecule has 3 unspecified atom stereocenters. The number of hydrogen-bond acceptors (Lipinski definition) is 4. The molecule has 1 aromatic rings. The molecule has 3 atom stereocenters. The van der Waals surface area contributed by atoms with Crippen LogP contribution in [-0.4, -0.2) is 37.2 Å². The van der Waals surface area contributed by atoms with Crippen LogP contribution in [0.15, 0.2) is 18.2 Å². The number of nitrogens with one attached hydrogen (secondary N) is 1. The lowest BCUT2D eigenvalue weighted by Gasteiger charge is -2.38. The first-order valence-electron chi connectivity index (χ1n) is 7.87. The Balaban J connectivity index is 2.37. The van der Waals surface area contributed by atoms with Crippen molar-refractivity contribution in [1.82, 2.24) is 5.32 Å². The van der Waals surface area contributed by atoms with Gasteiger partial charge in [-0.05, 0) is 25.6 Å². The Morgan fingerprint density at radius 2 is 2.00 bits per heavy atom. The Hall–Kier alpha value is -0.870. The number of thioether (sulfide) groups is 1. The maximum atomic E-state index is 5.63. The van der Waals surface area contributed by atoms with Crippen LogP contribution in [0.5, 0.6) is 5.75 Å². The fourth-order valence-corrected chi connectivity index (χ4v) is 4.53. The average Bonchev–Trinajstić information content (AvgIpc) is 2.45. The summed E-state index contributed by atoms with van der Waals surface area (Å²) in [5.74, 6) is 0.986. The molecule has 4 heteroatoms. The first-order chi connectivity index (χ1) is 10.1. The zero-order valence-corrected chi connectivity index (χ0v) is 14.7. The van der Waals surface area contributed by atoms with E-state index >= 15 is 0 Å². The summed E-state index contributed by atoms with van der Waals surface area (Å²) in [5, 5.41) is 4.86. The third-order valence-electron chi connectivity index (χ3n) is 3.97. The van der Waals surface area contributed by atoms with Crippen LogP contribution in [0.4, 0.5) is 5.69 Å². The second-order valence-corrected chi connectivity index (χ2v) is 7.72. The summed E-state index contributed by atoms with van der Waals surface area (Å²) in [7, 11) is 1.76. The molecule has 1 heterocycles. The predicted molar refractivity (Wildman–Crippen MR) is 93.8 cm³/mol. The smallest absolute Gasteiger partial charge is 0.125 e. The predicted octanol–water partition coefficient (Wildman–Crippen LogP) is 3.70. The van der Waals surface area contributed by atoms with E-state index in [0.717, 1.165) is 25.4 Å². The van der Waals surface area contributed by atoms with Crippen LogP contribution in [-0.2, 0) is 0 Å². The van der Waals surface area contributed by atoms with Crippen molar-refractivity contribution in [1.29, 1.82) is 0 Å². The van der Waals surface area contributed by atoms with E-state index in [4.69, 9.17) is 4.74 Å². The minimum absolute atomic E-state index is 0.293. The molecule has 2 rings (SSSR count). The van der Waals surface area contributed by atoms with Gasteiger partial charge in [-0.3, -0.25) is 0 Å². The highest BCUT2D eigenvalue weighted by atomic mass is 32.2. The van der Waals surface area contributed by atoms with Gasteiger partial charge < -0.3 is 15.0 Å². The monoisotopic (exact) mass is 308 g/mol. The van der Waals surface area contributed by atoms with E-state index in [9.17, 15) is 0 Å². The van der Waals surface area contributed by atoms with E-state index in [1.165, 1.54) is 11.3 Å². The quantitative estimate of drug-likeness (QED) is 0.896. The molecule has 118 valence electrons. The highest BCUT2D eigenvalue weighted by molar-refractivity contribution is 8.00. The van der Waals surface area contributed by atoms with E-state index in [1.54, 1.807) is 7.11 Å². The zero-order valence-electron chi connectivity index (χ0n) is 13.8. The number of nitrogens with zero attached hydrogens (tertiary/aromatic N) is 1. The van der Waals surface area contributed by atoms with Gasteiger partial charge in [0.05, 0.1) is 7.11 Å². The minimum atomic E-state index is 0.293. The van der Waals surface area contributed by atoms with E-state index in [2.05, 4.69) is 67.9 Å². The third-order valence-corrected chi connectivity index (χ3v) is 5.19. The molecular formula is C17H28N2OS. The van der Waals surface area contributed by atoms with Gasteiger partial charge in [0.2, 0.25) is 0 Å². The van der Waals surface area contributed by atoms with Gasteiger partial charge in [-0.15, -0.1) is 0 Å². The van der Waals surface area contributed by atoms with Gasteiger partial charge in [0, 0.05) is 40.9 Å². The van der Waals surface area contributed by atoms with Crippen LogP contribution < -0.4 is 15.0 Å². The molecule has 0 amide bonds. The van der Waals surface area contributed by atoms with Crippen molar-refractivity contribution in [3.05, 3.63) is 23.8 Å². The zero-order chi connectivity index (χ0) is 15.4. The minimum Gasteiger partial charge on any atom is -0.496 e. The molecule has 0 bridgehead atoms. The molecule has 0 radical (unpaired) electrons. The molecule has 1 N–H and O–H groups in total. The van der Waals surface area contributed by atoms with Gasteiger partial charge in [-0.25, -0.2) is 0 Å². The van der Waals surface area contributed by atoms with Gasteiger partial charge in [0.25, 0.3) is 0 Å². The molecule has 1 aromatic carbocycles. The SMILES string of the molecule is CCNC(C)c1c(OC)cccc1N1CC(C)SC(C)C1. The molecule has 0 saturated carbocycles. The van der Waals surface area contributed by atoms with Crippen molar-refractivity contribution < 1.29 is 4.74 Å². The molecule has 0 aliphatic carbocycles. The fourth-order valence-electron chi connectivity index (χ4n) is 3.20. The molecule has 0 aromatic heterocycles. The maximum Gasteiger partial charge on any atom is 0.125 e. The summed E-state index contributed by atoms with van der Waals surface area (Å²) in [5.41, 5.74) is 2.61. The van der Waals surface area contributed by atoms with Crippen molar-refractivity contribution in [2.24, 2.45) is 0 Å². The van der Waals surface area contributed by atoms with Gasteiger partial charge in [-0.1, -0.05) is 26.8 Å². The Bertz CT molecular complexity index is 456. The topological polar surface area (TPSA) is 24.5 Å². The summed E-state index contributed by atoms with van der Waals surface area (Å²) in [4.78, 5) is 2.53. The molecule has 0 spiro atoms. The summed E-state index contributed by atoms with van der Waals surface area (Å²) in [6, 6.07) is 6.70.